The van der Waals surface area contributed by atoms with Gasteiger partial charge in [-0.3, -0.25) is 0 Å². The van der Waals surface area contributed by atoms with Crippen LogP contribution in [0, 0.1) is 0 Å². The van der Waals surface area contributed by atoms with Gasteiger partial charge in [0.25, 0.3) is 0 Å². The van der Waals surface area contributed by atoms with Crippen molar-refractivity contribution in [3.8, 4) is 11.5 Å². The molecule has 1 fully saturated rings. The van der Waals surface area contributed by atoms with E-state index in [0.29, 0.717) is 12.4 Å². The van der Waals surface area contributed by atoms with E-state index in [1.54, 1.807) is 13.8 Å². The van der Waals surface area contributed by atoms with Gasteiger partial charge in [0.15, 0.2) is 17.1 Å². The zero-order chi connectivity index (χ0) is 12.8. The van der Waals surface area contributed by atoms with Crippen molar-refractivity contribution in [2.75, 3.05) is 13.4 Å². The van der Waals surface area contributed by atoms with Crippen LogP contribution in [0.3, 0.4) is 0 Å². The summed E-state index contributed by atoms with van der Waals surface area (Å²) in [5.74, 6) is 1.08. The van der Waals surface area contributed by atoms with Crippen molar-refractivity contribution in [3.63, 3.8) is 0 Å². The highest BCUT2D eigenvalue weighted by Gasteiger charge is 2.60. The van der Waals surface area contributed by atoms with Gasteiger partial charge >= 0.3 is 5.97 Å². The molecule has 0 unspecified atom stereocenters. The Hall–Kier alpha value is -1.75. The third-order valence-electron chi connectivity index (χ3n) is 3.19. The summed E-state index contributed by atoms with van der Waals surface area (Å²) < 4.78 is 21.0. The van der Waals surface area contributed by atoms with Gasteiger partial charge in [-0.25, -0.2) is 4.79 Å². The van der Waals surface area contributed by atoms with Gasteiger partial charge in [-0.1, -0.05) is 6.07 Å². The van der Waals surface area contributed by atoms with E-state index in [1.165, 1.54) is 0 Å². The van der Waals surface area contributed by atoms with Crippen molar-refractivity contribution < 1.29 is 23.7 Å². The summed E-state index contributed by atoms with van der Waals surface area (Å²) in [6, 6.07) is 5.55. The molecule has 5 heteroatoms. The van der Waals surface area contributed by atoms with Gasteiger partial charge in [0.1, 0.15) is 6.10 Å². The van der Waals surface area contributed by atoms with E-state index in [2.05, 4.69) is 0 Å². The lowest BCUT2D eigenvalue weighted by atomic mass is 10.0. The predicted molar refractivity (Wildman–Crippen MR) is 61.4 cm³/mol. The van der Waals surface area contributed by atoms with Crippen molar-refractivity contribution in [2.24, 2.45) is 0 Å². The van der Waals surface area contributed by atoms with Crippen LogP contribution in [0.1, 0.15) is 25.5 Å². The molecule has 1 saturated heterocycles. The van der Waals surface area contributed by atoms with Crippen molar-refractivity contribution in [1.82, 2.24) is 0 Å². The number of esters is 1. The first kappa shape index (κ1) is 11.3. The molecule has 0 N–H and O–H groups in total. The average molecular weight is 250 g/mol. The highest BCUT2D eigenvalue weighted by molar-refractivity contribution is 5.83. The standard InChI is InChI=1S/C13H14O5/c1-3-15-12(14)13(2)11(18-13)8-4-5-9-10(6-8)17-7-16-9/h4-6,11H,3,7H2,1-2H3/t11-,13-/m0/s1. The summed E-state index contributed by atoms with van der Waals surface area (Å²) in [7, 11) is 0. The molecule has 0 saturated carbocycles. The summed E-state index contributed by atoms with van der Waals surface area (Å²) >= 11 is 0. The molecule has 2 aliphatic heterocycles. The zero-order valence-electron chi connectivity index (χ0n) is 10.3. The fraction of sp³-hybridized carbons (Fsp3) is 0.462. The lowest BCUT2D eigenvalue weighted by Crippen LogP contribution is -2.24. The van der Waals surface area contributed by atoms with Crippen LogP contribution in [0.4, 0.5) is 0 Å². The van der Waals surface area contributed by atoms with Crippen LogP contribution >= 0.6 is 0 Å². The maximum Gasteiger partial charge on any atom is 0.341 e. The Balaban J connectivity index is 1.80. The van der Waals surface area contributed by atoms with Crippen molar-refractivity contribution in [3.05, 3.63) is 23.8 Å². The van der Waals surface area contributed by atoms with Gasteiger partial charge in [0, 0.05) is 0 Å². The topological polar surface area (TPSA) is 57.3 Å². The van der Waals surface area contributed by atoms with Crippen LogP contribution in [0.25, 0.3) is 0 Å². The molecule has 2 heterocycles. The number of hydrogen-bond acceptors (Lipinski definition) is 5. The van der Waals surface area contributed by atoms with Crippen molar-refractivity contribution >= 4 is 5.97 Å². The molecular weight excluding hydrogens is 236 g/mol. The maximum absolute atomic E-state index is 11.7. The van der Waals surface area contributed by atoms with E-state index in [1.807, 2.05) is 18.2 Å². The van der Waals surface area contributed by atoms with E-state index in [9.17, 15) is 4.79 Å². The summed E-state index contributed by atoms with van der Waals surface area (Å²) in [5, 5.41) is 0. The van der Waals surface area contributed by atoms with Crippen LogP contribution in [0.5, 0.6) is 11.5 Å². The number of fused-ring (bicyclic) bond motifs is 1. The molecule has 0 radical (unpaired) electrons. The number of carbonyl (C=O) groups is 1. The number of rotatable bonds is 3. The summed E-state index contributed by atoms with van der Waals surface area (Å²) in [6.07, 6.45) is -0.272. The molecule has 3 rings (SSSR count). The van der Waals surface area contributed by atoms with E-state index in [4.69, 9.17) is 18.9 Å². The fourth-order valence-corrected chi connectivity index (χ4v) is 2.10. The van der Waals surface area contributed by atoms with Gasteiger partial charge in [0.05, 0.1) is 6.61 Å². The first-order valence-corrected chi connectivity index (χ1v) is 5.89. The van der Waals surface area contributed by atoms with Crippen LogP contribution in [-0.2, 0) is 14.3 Å². The average Bonchev–Trinajstić information content (AvgIpc) is 2.86. The molecule has 96 valence electrons. The Kier molecular flexibility index (Phi) is 2.45. The van der Waals surface area contributed by atoms with Crippen LogP contribution in [0.15, 0.2) is 18.2 Å². The van der Waals surface area contributed by atoms with E-state index >= 15 is 0 Å². The first-order chi connectivity index (χ1) is 8.65. The normalized spacial score (nSPS) is 28.0. The Labute approximate surface area is 105 Å². The largest absolute Gasteiger partial charge is 0.464 e. The first-order valence-electron chi connectivity index (χ1n) is 5.89. The minimum absolute atomic E-state index is 0.236. The quantitative estimate of drug-likeness (QED) is 0.605. The van der Waals surface area contributed by atoms with Crippen molar-refractivity contribution in [1.29, 1.82) is 0 Å². The lowest BCUT2D eigenvalue weighted by molar-refractivity contribution is -0.148. The van der Waals surface area contributed by atoms with Crippen LogP contribution in [-0.4, -0.2) is 25.0 Å². The van der Waals surface area contributed by atoms with E-state index in [-0.39, 0.29) is 18.9 Å². The van der Waals surface area contributed by atoms with Gasteiger partial charge in [-0.15, -0.1) is 0 Å². The summed E-state index contributed by atoms with van der Waals surface area (Å²) in [5.41, 5.74) is 0.0266. The Morgan fingerprint density at radius 1 is 1.44 bits per heavy atom. The highest BCUT2D eigenvalue weighted by Crippen LogP contribution is 2.51. The second kappa shape index (κ2) is 3.88. The SMILES string of the molecule is CCOC(=O)[C@@]1(C)O[C@H]1c1ccc2c(c1)OCO2. The number of ether oxygens (including phenoxy) is 4. The fourth-order valence-electron chi connectivity index (χ4n) is 2.10. The maximum atomic E-state index is 11.7. The van der Waals surface area contributed by atoms with Crippen molar-refractivity contribution in [2.45, 2.75) is 25.6 Å². The van der Waals surface area contributed by atoms with E-state index in [0.717, 1.165) is 11.3 Å². The lowest BCUT2D eigenvalue weighted by Gasteiger charge is -2.06. The minimum Gasteiger partial charge on any atom is -0.464 e. The smallest absolute Gasteiger partial charge is 0.341 e. The molecule has 1 aromatic carbocycles. The molecule has 2 aliphatic rings. The van der Waals surface area contributed by atoms with Gasteiger partial charge < -0.3 is 18.9 Å². The Morgan fingerprint density at radius 3 is 3.00 bits per heavy atom. The minimum atomic E-state index is -0.871. The number of hydrogen-bond donors (Lipinski definition) is 0. The molecule has 1 aromatic rings. The highest BCUT2D eigenvalue weighted by atomic mass is 16.7. The molecule has 0 aliphatic carbocycles. The third-order valence-corrected chi connectivity index (χ3v) is 3.19. The number of benzene rings is 1. The van der Waals surface area contributed by atoms with Crippen LogP contribution < -0.4 is 9.47 Å². The summed E-state index contributed by atoms with van der Waals surface area (Å²) in [4.78, 5) is 11.7. The molecule has 18 heavy (non-hydrogen) atoms. The molecular formula is C13H14O5. The monoisotopic (exact) mass is 250 g/mol. The van der Waals surface area contributed by atoms with Crippen LogP contribution in [0.2, 0.25) is 0 Å². The number of carbonyl (C=O) groups excluding carboxylic acids is 1. The predicted octanol–water partition coefficient (Wildman–Crippen LogP) is 1.81. The molecule has 0 spiro atoms. The molecule has 0 aromatic heterocycles. The van der Waals surface area contributed by atoms with Gasteiger partial charge in [0.2, 0.25) is 6.79 Å². The zero-order valence-corrected chi connectivity index (χ0v) is 10.3. The van der Waals surface area contributed by atoms with Gasteiger partial charge in [-0.05, 0) is 31.5 Å². The third kappa shape index (κ3) is 1.62. The molecule has 0 amide bonds. The Bertz CT molecular complexity index is 498. The molecule has 5 nitrogen and oxygen atoms in total. The number of epoxide rings is 1. The Morgan fingerprint density at radius 2 is 2.22 bits per heavy atom. The molecule has 0 bridgehead atoms. The second-order valence-electron chi connectivity index (χ2n) is 4.44. The second-order valence-corrected chi connectivity index (χ2v) is 4.44. The molecule has 2 atom stereocenters. The summed E-state index contributed by atoms with van der Waals surface area (Å²) in [6.45, 7) is 4.10. The van der Waals surface area contributed by atoms with Gasteiger partial charge in [-0.2, -0.15) is 0 Å². The van der Waals surface area contributed by atoms with E-state index < -0.39 is 5.60 Å².